The summed E-state index contributed by atoms with van der Waals surface area (Å²) in [4.78, 5) is 32.8. The predicted octanol–water partition coefficient (Wildman–Crippen LogP) is 22.3. The van der Waals surface area contributed by atoms with Crippen LogP contribution in [-0.2, 0) is 135 Å². The zero-order valence-electron chi connectivity index (χ0n) is 69.2. The number of halogens is 2. The molecule has 0 saturated carbocycles. The Morgan fingerprint density at radius 3 is 1.19 bits per heavy atom. The molecule has 619 valence electrons. The summed E-state index contributed by atoms with van der Waals surface area (Å²) >= 11 is 0. The van der Waals surface area contributed by atoms with E-state index in [0.29, 0.717) is 28.9 Å². The van der Waals surface area contributed by atoms with Gasteiger partial charge in [0.15, 0.2) is 0 Å². The molecule has 18 rings (SSSR count). The minimum absolute atomic E-state index is 0. The molecule has 0 N–H and O–H groups in total. The third-order valence-electron chi connectivity index (χ3n) is 17.8. The number of para-hydroxylation sites is 5. The summed E-state index contributed by atoms with van der Waals surface area (Å²) in [6.45, 7) is 13.1. The van der Waals surface area contributed by atoms with E-state index in [1.807, 2.05) is 237 Å². The van der Waals surface area contributed by atoms with Crippen LogP contribution in [0.15, 0.2) is 347 Å². The van der Waals surface area contributed by atoms with E-state index < -0.39 is 18.9 Å². The maximum absolute atomic E-state index is 13.1. The first kappa shape index (κ1) is 93.5. The van der Waals surface area contributed by atoms with E-state index in [0.717, 1.165) is 68.7 Å². The number of nitrogens with zero attached hydrogens (tertiary/aromatic N) is 14. The fourth-order valence-corrected chi connectivity index (χ4v) is 12.3. The van der Waals surface area contributed by atoms with Crippen molar-refractivity contribution in [2.75, 3.05) is 9.80 Å². The third kappa shape index (κ3) is 26.8. The second kappa shape index (κ2) is 50.7. The van der Waals surface area contributed by atoms with Crippen molar-refractivity contribution >= 4 is 11.4 Å². The van der Waals surface area contributed by atoms with E-state index in [-0.39, 0.29) is 126 Å². The maximum atomic E-state index is 13.1. The van der Waals surface area contributed by atoms with E-state index in [4.69, 9.17) is 4.11 Å². The summed E-state index contributed by atoms with van der Waals surface area (Å²) in [6, 6.07) is 108. The van der Waals surface area contributed by atoms with Crippen LogP contribution in [0.3, 0.4) is 0 Å². The van der Waals surface area contributed by atoms with Gasteiger partial charge in [-0.05, 0) is 96.4 Å². The van der Waals surface area contributed by atoms with Crippen LogP contribution < -0.4 is 9.80 Å². The molecule has 8 heterocycles. The van der Waals surface area contributed by atoms with Crippen molar-refractivity contribution in [1.29, 1.82) is 0 Å². The summed E-state index contributed by atoms with van der Waals surface area (Å²) < 4.78 is 57.1. The van der Waals surface area contributed by atoms with Crippen molar-refractivity contribution < 1.29 is 134 Å². The number of hydrogen-bond donors (Lipinski definition) is 0. The third-order valence-corrected chi connectivity index (χ3v) is 17.8. The standard InChI is InChI=1S/C21H23N2.C17H15N2.C15H12N2.C15H11N2.C10H5F2N2.2C10H9N2.6Ir/c1-15(2)18-11-8-12-19(16(3)4)20(18)23-14-13-22-21(23)17-9-6-5-7-10-17;1-13-7-6-8-14(2)16(13)19-12-11-18-17(19)15-9-4-3-5-10-15;1-3-7-14(8-4-1)16-11-12-17(13-16)15-9-5-2-6-10-15;1-3-7-13(8-4-1)15-16-11-12-17(15)14-9-5-2-6-10-14;11-9-5-4-7(10(12)14-9)8-3-1-2-6-13-8;2*1-12-8-7-11-10(12)9-5-3-2-4-6-9;;;;;;/h5-9,11-16H,1-4H3;3-9,11-12H,1-2H3;1-9,11-13H;1-7,9-12H;1-3,5-6H;2*2-5,7-8H,1H3;;;;;;/q2*-1;-2;4*-1;;;;;;+3/i;;;;;1D3;;;;;;;. The summed E-state index contributed by atoms with van der Waals surface area (Å²) in [6.07, 6.45) is 23.8. The first-order valence-corrected chi connectivity index (χ1v) is 37.0. The number of aromatic nitrogens is 12. The predicted molar refractivity (Wildman–Crippen MR) is 452 cm³/mol. The topological polar surface area (TPSA) is 121 Å². The number of rotatable bonds is 13. The SMILES string of the molecule is CC(C)c1cccc(C(C)C)c1-n1ccnc1-c1[c-]cccc1.Cc1cccc(C)c1-n1ccnc1-c1[c-]cccc1.Cn1ccnc1-c1[c-]cccc1.Fc1c[c-]c(-c2ccccn2)c(F)n1.[2H]C([2H])([2H])n1ccnc1-c1[c-]cccc1.[Ir+3].[Ir].[Ir].[Ir].[Ir].[Ir].[c-]1ccccc1-c1nccn1-c1ccccc1.[c-]1ccccc1N1C=CN(c2ccccc2)[CH-]1. The maximum Gasteiger partial charge on any atom is 3.00 e. The second-order valence-electron chi connectivity index (χ2n) is 26.3. The van der Waals surface area contributed by atoms with Crippen molar-refractivity contribution in [3.8, 4) is 85.3 Å². The summed E-state index contributed by atoms with van der Waals surface area (Å²) in [5.41, 5.74) is 16.2. The van der Waals surface area contributed by atoms with Crippen LogP contribution in [0.2, 0.25) is 0 Å². The normalized spacial score (nSPS) is 11.0. The minimum Gasteiger partial charge on any atom is -0.500 e. The Morgan fingerprint density at radius 1 is 0.367 bits per heavy atom. The monoisotopic (exact) mass is 2660 g/mol. The van der Waals surface area contributed by atoms with Gasteiger partial charge in [0.1, 0.15) is 11.9 Å². The number of benzene rings is 10. The van der Waals surface area contributed by atoms with Crippen LogP contribution in [0.5, 0.6) is 0 Å². The van der Waals surface area contributed by atoms with E-state index in [9.17, 15) is 8.78 Å². The van der Waals surface area contributed by atoms with Crippen LogP contribution >= 0.6 is 0 Å². The first-order chi connectivity index (χ1) is 57.0. The summed E-state index contributed by atoms with van der Waals surface area (Å²) in [5.74, 6) is 3.28. The van der Waals surface area contributed by atoms with Gasteiger partial charge in [0.05, 0.1) is 29.1 Å². The van der Waals surface area contributed by atoms with Crippen molar-refractivity contribution in [2.24, 2.45) is 14.0 Å². The van der Waals surface area contributed by atoms with Gasteiger partial charge in [0.25, 0.3) is 0 Å². The van der Waals surface area contributed by atoms with Crippen LogP contribution in [-0.4, -0.2) is 57.7 Å². The van der Waals surface area contributed by atoms with Gasteiger partial charge in [-0.25, -0.2) is 8.78 Å². The Hall–Kier alpha value is -10.4. The molecule has 1 aliphatic heterocycles. The number of hydrogen-bond acceptors (Lipinski definition) is 9. The van der Waals surface area contributed by atoms with Gasteiger partial charge in [-0.15, -0.1) is 198 Å². The van der Waals surface area contributed by atoms with Gasteiger partial charge in [-0.2, -0.15) is 30.3 Å². The van der Waals surface area contributed by atoms with Gasteiger partial charge in [0, 0.05) is 210 Å². The Labute approximate surface area is 788 Å². The number of pyridine rings is 2. The molecule has 0 fully saturated rings. The molecule has 5 radical (unpaired) electrons. The Bertz CT molecular complexity index is 5750. The molecule has 1 aliphatic rings. The van der Waals surface area contributed by atoms with E-state index >= 15 is 0 Å². The van der Waals surface area contributed by atoms with Crippen molar-refractivity contribution in [3.05, 3.63) is 431 Å². The number of imidazole rings is 5. The first-order valence-electron chi connectivity index (χ1n) is 38.5. The van der Waals surface area contributed by atoms with Crippen LogP contribution in [0.4, 0.5) is 20.2 Å². The molecule has 7 aromatic heterocycles. The molecule has 0 saturated heterocycles. The quantitative estimate of drug-likeness (QED) is 0.0820. The molecule has 120 heavy (non-hydrogen) atoms. The van der Waals surface area contributed by atoms with Crippen molar-refractivity contribution in [1.82, 2.24) is 57.7 Å². The molecule has 14 nitrogen and oxygen atoms in total. The molecule has 22 heteroatoms. The van der Waals surface area contributed by atoms with E-state index in [1.165, 1.54) is 56.8 Å². The van der Waals surface area contributed by atoms with Crippen LogP contribution in [0.25, 0.3) is 85.3 Å². The molecule has 17 aromatic rings. The number of anilines is 2. The molecule has 0 spiro atoms. The summed E-state index contributed by atoms with van der Waals surface area (Å²) in [7, 11) is 1.98. The minimum atomic E-state index is -2.20. The van der Waals surface area contributed by atoms with Crippen LogP contribution in [0.1, 0.15) is 65.9 Å². The molecule has 0 unspecified atom stereocenters. The van der Waals surface area contributed by atoms with E-state index in [2.05, 4.69) is 210 Å². The number of aryl methyl sites for hydroxylation is 4. The molecule has 0 aliphatic carbocycles. The molecule has 0 atom stereocenters. The van der Waals surface area contributed by atoms with Gasteiger partial charge in [0.2, 0.25) is 0 Å². The molecule has 0 bridgehead atoms. The summed E-state index contributed by atoms with van der Waals surface area (Å²) in [5, 5.41) is 0. The molecule has 0 amide bonds. The Morgan fingerprint density at radius 2 is 0.758 bits per heavy atom. The average Bonchev–Trinajstić information content (AvgIpc) is 1.75. The smallest absolute Gasteiger partial charge is 0.500 e. The largest absolute Gasteiger partial charge is 3.00 e. The van der Waals surface area contributed by atoms with Crippen molar-refractivity contribution in [3.63, 3.8) is 0 Å². The van der Waals surface area contributed by atoms with Gasteiger partial charge in [-0.3, -0.25) is 29.9 Å². The average molecular weight is 2650 g/mol. The van der Waals surface area contributed by atoms with E-state index in [1.54, 1.807) is 36.5 Å². The molecule has 10 aromatic carbocycles. The van der Waals surface area contributed by atoms with Gasteiger partial charge in [-0.1, -0.05) is 124 Å². The Kier molecular flexibility index (Phi) is 39.5. The second-order valence-corrected chi connectivity index (χ2v) is 26.3. The van der Waals surface area contributed by atoms with Gasteiger partial charge >= 0.3 is 20.1 Å². The van der Waals surface area contributed by atoms with Crippen molar-refractivity contribution in [2.45, 2.75) is 53.4 Å². The molecular formula is C98H84F2Ir6N14-5. The van der Waals surface area contributed by atoms with Gasteiger partial charge < -0.3 is 37.6 Å². The zero-order valence-corrected chi connectivity index (χ0v) is 80.5. The Balaban J connectivity index is 0.000000222. The fourth-order valence-electron chi connectivity index (χ4n) is 12.3. The van der Waals surface area contributed by atoms with Crippen LogP contribution in [0, 0.1) is 74.9 Å². The fraction of sp³-hybridized carbons (Fsp3) is 0.102. The zero-order chi connectivity index (χ0) is 81.9. The molecular weight excluding hydrogens is 2560 g/mol.